The zero-order valence-electron chi connectivity index (χ0n) is 18.6. The number of carbonyl (C=O) groups excluding carboxylic acids is 1. The third-order valence-corrected chi connectivity index (χ3v) is 7.06. The number of hydrogen-bond acceptors (Lipinski definition) is 3. The highest BCUT2D eigenvalue weighted by atomic mass is 35.5. The van der Waals surface area contributed by atoms with Gasteiger partial charge in [0, 0.05) is 16.9 Å². The molecular weight excluding hydrogens is 444 g/mol. The van der Waals surface area contributed by atoms with Crippen LogP contribution in [0.15, 0.2) is 59.5 Å². The zero-order chi connectivity index (χ0) is 23.5. The normalized spacial score (nSPS) is 11.3. The van der Waals surface area contributed by atoms with Gasteiger partial charge in [0.1, 0.15) is 4.90 Å². The molecule has 0 unspecified atom stereocenters. The SMILES string of the molecule is CCc1cccc(CC)c1NC(=O)c1ccc(Cl)c(S(=O)(=O)Nc2cc(C)cc(C)c2)c1. The van der Waals surface area contributed by atoms with Crippen LogP contribution in [0.5, 0.6) is 0 Å². The molecule has 0 atom stereocenters. The number of benzene rings is 3. The van der Waals surface area contributed by atoms with Gasteiger partial charge in [-0.15, -0.1) is 0 Å². The predicted octanol–water partition coefficient (Wildman–Crippen LogP) is 6.13. The predicted molar refractivity (Wildman–Crippen MR) is 131 cm³/mol. The number of rotatable bonds is 7. The highest BCUT2D eigenvalue weighted by Crippen LogP contribution is 2.28. The highest BCUT2D eigenvalue weighted by Gasteiger charge is 2.21. The van der Waals surface area contributed by atoms with Crippen molar-refractivity contribution in [2.75, 3.05) is 10.0 Å². The molecule has 1 amide bonds. The Kier molecular flexibility index (Phi) is 7.26. The summed E-state index contributed by atoms with van der Waals surface area (Å²) in [7, 11) is -3.99. The van der Waals surface area contributed by atoms with Gasteiger partial charge in [0.25, 0.3) is 15.9 Å². The number of sulfonamides is 1. The highest BCUT2D eigenvalue weighted by molar-refractivity contribution is 7.92. The van der Waals surface area contributed by atoms with Gasteiger partial charge in [0.05, 0.1) is 5.02 Å². The average Bonchev–Trinajstić information content (AvgIpc) is 2.72. The van der Waals surface area contributed by atoms with Crippen molar-refractivity contribution in [3.05, 3.63) is 87.4 Å². The largest absolute Gasteiger partial charge is 0.321 e. The summed E-state index contributed by atoms with van der Waals surface area (Å²) in [5.41, 5.74) is 5.34. The van der Waals surface area contributed by atoms with Crippen LogP contribution in [-0.2, 0) is 22.9 Å². The monoisotopic (exact) mass is 470 g/mol. The van der Waals surface area contributed by atoms with E-state index in [-0.39, 0.29) is 21.4 Å². The fourth-order valence-corrected chi connectivity index (χ4v) is 5.25. The lowest BCUT2D eigenvalue weighted by atomic mass is 10.0. The minimum atomic E-state index is -3.99. The van der Waals surface area contributed by atoms with Crippen molar-refractivity contribution in [1.29, 1.82) is 0 Å². The summed E-state index contributed by atoms with van der Waals surface area (Å²) in [5, 5.41) is 3.01. The summed E-state index contributed by atoms with van der Waals surface area (Å²) < 4.78 is 28.7. The number of anilines is 2. The van der Waals surface area contributed by atoms with Gasteiger partial charge in [-0.2, -0.15) is 0 Å². The Labute approximate surface area is 194 Å². The number of carbonyl (C=O) groups is 1. The molecule has 2 N–H and O–H groups in total. The first-order valence-corrected chi connectivity index (χ1v) is 12.3. The molecule has 0 heterocycles. The maximum atomic E-state index is 13.1. The number of amides is 1. The molecule has 32 heavy (non-hydrogen) atoms. The molecule has 0 bridgehead atoms. The molecule has 0 radical (unpaired) electrons. The van der Waals surface area contributed by atoms with E-state index in [9.17, 15) is 13.2 Å². The van der Waals surface area contributed by atoms with E-state index < -0.39 is 10.0 Å². The average molecular weight is 471 g/mol. The Hall–Kier alpha value is -2.83. The maximum absolute atomic E-state index is 13.1. The van der Waals surface area contributed by atoms with Crippen LogP contribution < -0.4 is 10.0 Å². The van der Waals surface area contributed by atoms with Crippen molar-refractivity contribution in [3.63, 3.8) is 0 Å². The number of hydrogen-bond donors (Lipinski definition) is 2. The van der Waals surface area contributed by atoms with Crippen LogP contribution in [0.25, 0.3) is 0 Å². The number of nitrogens with one attached hydrogen (secondary N) is 2. The Bertz CT molecular complexity index is 1230. The van der Waals surface area contributed by atoms with Gasteiger partial charge in [-0.25, -0.2) is 8.42 Å². The quantitative estimate of drug-likeness (QED) is 0.435. The van der Waals surface area contributed by atoms with E-state index in [1.54, 1.807) is 12.1 Å². The third kappa shape index (κ3) is 5.31. The lowest BCUT2D eigenvalue weighted by Gasteiger charge is -2.15. The van der Waals surface area contributed by atoms with Gasteiger partial charge in [-0.3, -0.25) is 9.52 Å². The van der Waals surface area contributed by atoms with E-state index in [1.165, 1.54) is 18.2 Å². The summed E-state index contributed by atoms with van der Waals surface area (Å²) >= 11 is 6.22. The van der Waals surface area contributed by atoms with Gasteiger partial charge in [-0.05, 0) is 79.3 Å². The second-order valence-corrected chi connectivity index (χ2v) is 9.80. The van der Waals surface area contributed by atoms with Crippen molar-refractivity contribution in [2.24, 2.45) is 0 Å². The van der Waals surface area contributed by atoms with Gasteiger partial charge in [0.15, 0.2) is 0 Å². The molecule has 3 aromatic rings. The minimum Gasteiger partial charge on any atom is -0.321 e. The molecule has 0 saturated heterocycles. The topological polar surface area (TPSA) is 75.3 Å². The molecule has 5 nitrogen and oxygen atoms in total. The van der Waals surface area contributed by atoms with Crippen molar-refractivity contribution in [1.82, 2.24) is 0 Å². The Morgan fingerprint density at radius 1 is 0.906 bits per heavy atom. The summed E-state index contributed by atoms with van der Waals surface area (Å²) in [6, 6.07) is 15.6. The lowest BCUT2D eigenvalue weighted by molar-refractivity contribution is 0.102. The van der Waals surface area contributed by atoms with Crippen LogP contribution in [0, 0.1) is 13.8 Å². The van der Waals surface area contributed by atoms with E-state index in [0.29, 0.717) is 5.69 Å². The standard InChI is InChI=1S/C25H27ClN2O3S/c1-5-18-8-7-9-19(6-2)24(18)27-25(29)20-10-11-22(26)23(15-20)32(30,31)28-21-13-16(3)12-17(4)14-21/h7-15,28H,5-6H2,1-4H3,(H,27,29). The van der Waals surface area contributed by atoms with Crippen LogP contribution in [0.2, 0.25) is 5.02 Å². The summed E-state index contributed by atoms with van der Waals surface area (Å²) in [6.45, 7) is 7.83. The molecule has 0 aliphatic rings. The maximum Gasteiger partial charge on any atom is 0.263 e. The fraction of sp³-hybridized carbons (Fsp3) is 0.240. The van der Waals surface area contributed by atoms with Crippen molar-refractivity contribution >= 4 is 38.9 Å². The molecule has 0 aliphatic carbocycles. The molecule has 0 saturated carbocycles. The Balaban J connectivity index is 1.94. The molecule has 0 spiro atoms. The molecule has 3 rings (SSSR count). The first-order valence-electron chi connectivity index (χ1n) is 10.5. The van der Waals surface area contributed by atoms with E-state index in [2.05, 4.69) is 10.0 Å². The van der Waals surface area contributed by atoms with E-state index >= 15 is 0 Å². The van der Waals surface area contributed by atoms with E-state index in [0.717, 1.165) is 40.8 Å². The second kappa shape index (κ2) is 9.76. The van der Waals surface area contributed by atoms with E-state index in [4.69, 9.17) is 11.6 Å². The molecule has 3 aromatic carbocycles. The van der Waals surface area contributed by atoms with Gasteiger partial charge in [-0.1, -0.05) is 49.7 Å². The molecule has 0 fully saturated rings. The molecular formula is C25H27ClN2O3S. The number of halogens is 1. The van der Waals surface area contributed by atoms with Gasteiger partial charge in [0.2, 0.25) is 0 Å². The summed E-state index contributed by atoms with van der Waals surface area (Å²) in [4.78, 5) is 12.9. The van der Waals surface area contributed by atoms with Crippen LogP contribution >= 0.6 is 11.6 Å². The minimum absolute atomic E-state index is 0.0432. The lowest BCUT2D eigenvalue weighted by Crippen LogP contribution is -2.17. The van der Waals surface area contributed by atoms with Crippen molar-refractivity contribution in [3.8, 4) is 0 Å². The van der Waals surface area contributed by atoms with Gasteiger partial charge < -0.3 is 5.32 Å². The van der Waals surface area contributed by atoms with Crippen LogP contribution in [0.4, 0.5) is 11.4 Å². The Morgan fingerprint density at radius 2 is 1.50 bits per heavy atom. The van der Waals surface area contributed by atoms with Crippen molar-refractivity contribution in [2.45, 2.75) is 45.4 Å². The van der Waals surface area contributed by atoms with E-state index in [1.807, 2.05) is 52.0 Å². The van der Waals surface area contributed by atoms with Gasteiger partial charge >= 0.3 is 0 Å². The number of para-hydroxylation sites is 1. The zero-order valence-corrected chi connectivity index (χ0v) is 20.2. The molecule has 7 heteroatoms. The summed E-state index contributed by atoms with van der Waals surface area (Å²) in [6.07, 6.45) is 1.53. The third-order valence-electron chi connectivity index (χ3n) is 5.19. The van der Waals surface area contributed by atoms with Crippen LogP contribution in [0.1, 0.15) is 46.5 Å². The smallest absolute Gasteiger partial charge is 0.263 e. The molecule has 168 valence electrons. The Morgan fingerprint density at radius 3 is 2.06 bits per heavy atom. The molecule has 0 aliphatic heterocycles. The number of aryl methyl sites for hydroxylation is 4. The first kappa shape index (κ1) is 23.8. The van der Waals surface area contributed by atoms with Crippen LogP contribution in [-0.4, -0.2) is 14.3 Å². The van der Waals surface area contributed by atoms with Crippen molar-refractivity contribution < 1.29 is 13.2 Å². The van der Waals surface area contributed by atoms with Crippen LogP contribution in [0.3, 0.4) is 0 Å². The summed E-state index contributed by atoms with van der Waals surface area (Å²) in [5.74, 6) is -0.389. The first-order chi connectivity index (χ1) is 15.1. The fourth-order valence-electron chi connectivity index (χ4n) is 3.68. The second-order valence-electron chi connectivity index (χ2n) is 7.74. The molecule has 0 aromatic heterocycles.